The molecular formula is C3H4N2O2. The van der Waals surface area contributed by atoms with Crippen LogP contribution in [-0.4, -0.2) is 5.91 Å². The highest BCUT2D eigenvalue weighted by Gasteiger charge is 1.85. The first-order valence-corrected chi connectivity index (χ1v) is 1.56. The second-order valence-electron chi connectivity index (χ2n) is 0.771. The zero-order chi connectivity index (χ0) is 5.70. The van der Waals surface area contributed by atoms with Gasteiger partial charge in [-0.1, -0.05) is 6.58 Å². The molecule has 4 heteroatoms. The van der Waals surface area contributed by atoms with Crippen molar-refractivity contribution in [1.29, 1.82) is 0 Å². The first-order valence-electron chi connectivity index (χ1n) is 1.56. The molecule has 4 nitrogen and oxygen atoms in total. The summed E-state index contributed by atoms with van der Waals surface area (Å²) in [5, 5.41) is 2.09. The molecule has 0 atom stereocenters. The SMILES string of the molecule is C=CC(=O)NN=O. The van der Waals surface area contributed by atoms with Crippen LogP contribution < -0.4 is 5.43 Å². The summed E-state index contributed by atoms with van der Waals surface area (Å²) in [4.78, 5) is 19.0. The molecule has 0 aliphatic rings. The maximum absolute atomic E-state index is 9.89. The van der Waals surface area contributed by atoms with Crippen LogP contribution in [0.25, 0.3) is 0 Å². The summed E-state index contributed by atoms with van der Waals surface area (Å²) >= 11 is 0. The normalized spacial score (nSPS) is 6.86. The number of carbonyl (C=O) groups is 1. The van der Waals surface area contributed by atoms with Gasteiger partial charge in [0.25, 0.3) is 5.91 Å². The van der Waals surface area contributed by atoms with Gasteiger partial charge in [-0.3, -0.25) is 4.79 Å². The quantitative estimate of drug-likeness (QED) is 0.301. The highest BCUT2D eigenvalue weighted by atomic mass is 16.3. The van der Waals surface area contributed by atoms with E-state index in [1.165, 1.54) is 0 Å². The highest BCUT2D eigenvalue weighted by Crippen LogP contribution is 1.61. The number of nitrogens with zero attached hydrogens (tertiary/aromatic N) is 1. The Morgan fingerprint density at radius 1 is 1.86 bits per heavy atom. The van der Waals surface area contributed by atoms with E-state index in [9.17, 15) is 4.79 Å². The summed E-state index contributed by atoms with van der Waals surface area (Å²) in [6, 6.07) is 0. The van der Waals surface area contributed by atoms with E-state index in [2.05, 4.69) is 11.9 Å². The molecule has 0 aromatic heterocycles. The average molecular weight is 100 g/mol. The van der Waals surface area contributed by atoms with Gasteiger partial charge in [0.1, 0.15) is 0 Å². The lowest BCUT2D eigenvalue weighted by Crippen LogP contribution is -2.11. The fraction of sp³-hybridized carbons (Fsp3) is 0. The van der Waals surface area contributed by atoms with Crippen molar-refractivity contribution in [3.05, 3.63) is 17.6 Å². The number of rotatable bonds is 2. The second kappa shape index (κ2) is 3.02. The molecule has 0 heterocycles. The molecule has 0 saturated carbocycles. The number of hydrogen-bond acceptors (Lipinski definition) is 3. The van der Waals surface area contributed by atoms with Gasteiger partial charge in [0, 0.05) is 0 Å². The van der Waals surface area contributed by atoms with Crippen molar-refractivity contribution in [3.8, 4) is 0 Å². The zero-order valence-corrected chi connectivity index (χ0v) is 3.55. The maximum Gasteiger partial charge on any atom is 0.266 e. The molecule has 0 aromatic rings. The minimum Gasteiger partial charge on any atom is -0.268 e. The Kier molecular flexibility index (Phi) is 2.50. The van der Waals surface area contributed by atoms with Crippen LogP contribution in [0, 0.1) is 4.91 Å². The van der Waals surface area contributed by atoms with Gasteiger partial charge in [0.15, 0.2) is 0 Å². The van der Waals surface area contributed by atoms with Gasteiger partial charge in [-0.2, -0.15) is 0 Å². The van der Waals surface area contributed by atoms with E-state index >= 15 is 0 Å². The molecule has 0 bridgehead atoms. The Hall–Kier alpha value is -1.19. The Morgan fingerprint density at radius 2 is 2.43 bits per heavy atom. The smallest absolute Gasteiger partial charge is 0.266 e. The molecule has 1 amide bonds. The molecule has 0 fully saturated rings. The minimum atomic E-state index is -0.588. The third-order valence-corrected chi connectivity index (χ3v) is 0.341. The summed E-state index contributed by atoms with van der Waals surface area (Å²) in [7, 11) is 0. The number of nitroso groups, excluding NO2 is 1. The first kappa shape index (κ1) is 5.81. The molecule has 0 saturated heterocycles. The summed E-state index contributed by atoms with van der Waals surface area (Å²) in [6.45, 7) is 3.07. The standard InChI is InChI=1S/C3H4N2O2/c1-2-3(6)4-5-7/h2H,1H2,(H,4,6,7). The lowest BCUT2D eigenvalue weighted by molar-refractivity contribution is -0.116. The van der Waals surface area contributed by atoms with Crippen molar-refractivity contribution in [2.45, 2.75) is 0 Å². The van der Waals surface area contributed by atoms with E-state index in [0.717, 1.165) is 6.08 Å². The first-order chi connectivity index (χ1) is 3.31. The van der Waals surface area contributed by atoms with Gasteiger partial charge in [-0.05, 0) is 6.08 Å². The number of carbonyl (C=O) groups excluding carboxylic acids is 1. The van der Waals surface area contributed by atoms with Crippen LogP contribution in [0.15, 0.2) is 17.9 Å². The van der Waals surface area contributed by atoms with Gasteiger partial charge >= 0.3 is 0 Å². The molecule has 0 radical (unpaired) electrons. The maximum atomic E-state index is 9.89. The van der Waals surface area contributed by atoms with E-state index in [4.69, 9.17) is 4.91 Å². The topological polar surface area (TPSA) is 58.5 Å². The predicted molar refractivity (Wildman–Crippen MR) is 24.1 cm³/mol. The molecule has 38 valence electrons. The molecule has 1 N–H and O–H groups in total. The lowest BCUT2D eigenvalue weighted by atomic mass is 10.6. The Balaban J connectivity index is 3.36. The zero-order valence-electron chi connectivity index (χ0n) is 3.55. The number of amides is 1. The van der Waals surface area contributed by atoms with Gasteiger partial charge in [-0.25, -0.2) is 5.43 Å². The van der Waals surface area contributed by atoms with Crippen LogP contribution in [0.2, 0.25) is 0 Å². The third-order valence-electron chi connectivity index (χ3n) is 0.341. The van der Waals surface area contributed by atoms with Gasteiger partial charge in [0.05, 0.1) is 5.29 Å². The number of nitrogens with one attached hydrogen (secondary N) is 1. The van der Waals surface area contributed by atoms with E-state index in [1.807, 2.05) is 0 Å². The summed E-state index contributed by atoms with van der Waals surface area (Å²) in [5.74, 6) is -0.588. The fourth-order valence-corrected chi connectivity index (χ4v) is 0.0906. The van der Waals surface area contributed by atoms with Gasteiger partial charge < -0.3 is 0 Å². The third kappa shape index (κ3) is 2.62. The summed E-state index contributed by atoms with van der Waals surface area (Å²) < 4.78 is 0. The van der Waals surface area contributed by atoms with E-state index in [1.54, 1.807) is 5.43 Å². The van der Waals surface area contributed by atoms with Crippen LogP contribution >= 0.6 is 0 Å². The van der Waals surface area contributed by atoms with Crippen molar-refractivity contribution in [2.24, 2.45) is 5.29 Å². The van der Waals surface area contributed by atoms with Crippen LogP contribution in [0.4, 0.5) is 0 Å². The van der Waals surface area contributed by atoms with E-state index in [-0.39, 0.29) is 0 Å². The summed E-state index contributed by atoms with van der Waals surface area (Å²) in [5.41, 5.74) is 1.61. The molecular weight excluding hydrogens is 96.0 g/mol. The van der Waals surface area contributed by atoms with Crippen molar-refractivity contribution in [3.63, 3.8) is 0 Å². The monoisotopic (exact) mass is 100 g/mol. The number of hydrogen-bond donors (Lipinski definition) is 1. The predicted octanol–water partition coefficient (Wildman–Crippen LogP) is -0.0300. The van der Waals surface area contributed by atoms with Gasteiger partial charge in [0.2, 0.25) is 0 Å². The second-order valence-corrected chi connectivity index (χ2v) is 0.771. The molecule has 0 aliphatic carbocycles. The van der Waals surface area contributed by atoms with Crippen LogP contribution in [-0.2, 0) is 4.79 Å². The fourth-order valence-electron chi connectivity index (χ4n) is 0.0906. The van der Waals surface area contributed by atoms with Crippen molar-refractivity contribution >= 4 is 5.91 Å². The van der Waals surface area contributed by atoms with Crippen LogP contribution in [0.5, 0.6) is 0 Å². The summed E-state index contributed by atoms with van der Waals surface area (Å²) in [6.07, 6.45) is 0.960. The Morgan fingerprint density at radius 3 is 2.57 bits per heavy atom. The van der Waals surface area contributed by atoms with E-state index in [0.29, 0.717) is 0 Å². The molecule has 0 spiro atoms. The Bertz CT molecular complexity index is 99.1. The lowest BCUT2D eigenvalue weighted by Gasteiger charge is -1.79. The van der Waals surface area contributed by atoms with Crippen LogP contribution in [0.1, 0.15) is 0 Å². The van der Waals surface area contributed by atoms with Crippen molar-refractivity contribution in [2.75, 3.05) is 0 Å². The molecule has 0 aliphatic heterocycles. The average Bonchev–Trinajstić information content (AvgIpc) is 1.68. The largest absolute Gasteiger partial charge is 0.268 e. The van der Waals surface area contributed by atoms with Crippen LogP contribution in [0.3, 0.4) is 0 Å². The molecule has 0 unspecified atom stereocenters. The van der Waals surface area contributed by atoms with Crippen molar-refractivity contribution in [1.82, 2.24) is 5.43 Å². The molecule has 0 aromatic carbocycles. The molecule has 0 rings (SSSR count). The van der Waals surface area contributed by atoms with Gasteiger partial charge in [-0.15, -0.1) is 4.91 Å². The van der Waals surface area contributed by atoms with Crippen molar-refractivity contribution < 1.29 is 4.79 Å². The highest BCUT2D eigenvalue weighted by molar-refractivity contribution is 5.86. The minimum absolute atomic E-state index is 0.588. The van der Waals surface area contributed by atoms with E-state index < -0.39 is 5.91 Å². The Labute approximate surface area is 40.2 Å². The molecule has 7 heavy (non-hydrogen) atoms.